The maximum atomic E-state index is 12.4. The predicted molar refractivity (Wildman–Crippen MR) is 86.8 cm³/mol. The predicted octanol–water partition coefficient (Wildman–Crippen LogP) is 4.85. The summed E-state index contributed by atoms with van der Waals surface area (Å²) in [6.45, 7) is 4.61. The number of halogens is 3. The molecule has 0 aliphatic carbocycles. The molecule has 2 aromatic rings. The van der Waals surface area contributed by atoms with Crippen molar-refractivity contribution in [1.82, 2.24) is 9.78 Å². The van der Waals surface area contributed by atoms with Gasteiger partial charge in [0.1, 0.15) is 0 Å². The van der Waals surface area contributed by atoms with E-state index in [2.05, 4.69) is 5.10 Å². The lowest BCUT2D eigenvalue weighted by molar-refractivity contribution is 0.0990. The van der Waals surface area contributed by atoms with Gasteiger partial charge in [-0.05, 0) is 31.5 Å². The molecule has 3 nitrogen and oxygen atoms in total. The van der Waals surface area contributed by atoms with E-state index in [4.69, 9.17) is 34.8 Å². The van der Waals surface area contributed by atoms with Crippen molar-refractivity contribution in [2.45, 2.75) is 33.2 Å². The maximum absolute atomic E-state index is 12.4. The normalized spacial score (nSPS) is 10.9. The Balaban J connectivity index is 2.33. The van der Waals surface area contributed by atoms with Crippen LogP contribution in [0.2, 0.25) is 15.1 Å². The number of Topliss-reactive ketones (excluding diaryl/α,β-unsaturated/α-hetero) is 1. The van der Waals surface area contributed by atoms with E-state index in [0.29, 0.717) is 27.2 Å². The monoisotopic (exact) mass is 344 g/mol. The number of carbonyl (C=O) groups is 1. The van der Waals surface area contributed by atoms with Gasteiger partial charge in [-0.3, -0.25) is 9.48 Å². The van der Waals surface area contributed by atoms with Crippen LogP contribution in [0.3, 0.4) is 0 Å². The summed E-state index contributed by atoms with van der Waals surface area (Å²) < 4.78 is 1.77. The second-order valence-corrected chi connectivity index (χ2v) is 5.82. The number of aryl methyl sites for hydroxylation is 2. The Morgan fingerprint density at radius 2 is 1.95 bits per heavy atom. The van der Waals surface area contributed by atoms with Crippen molar-refractivity contribution in [3.05, 3.63) is 50.2 Å². The highest BCUT2D eigenvalue weighted by Gasteiger charge is 2.19. The van der Waals surface area contributed by atoms with Crippen LogP contribution in [0.4, 0.5) is 0 Å². The summed E-state index contributed by atoms with van der Waals surface area (Å²) in [6, 6.07) is 4.84. The molecule has 0 N–H and O–H groups in total. The minimum Gasteiger partial charge on any atom is -0.294 e. The largest absolute Gasteiger partial charge is 0.294 e. The van der Waals surface area contributed by atoms with Crippen molar-refractivity contribution in [3.63, 3.8) is 0 Å². The van der Waals surface area contributed by atoms with Crippen LogP contribution in [0.1, 0.15) is 35.6 Å². The van der Waals surface area contributed by atoms with Crippen molar-refractivity contribution in [2.24, 2.45) is 0 Å². The average Bonchev–Trinajstić information content (AvgIpc) is 2.75. The SMILES string of the molecule is CCc1nn(CC)c(CC(=O)c2ccc(Cl)cc2Cl)c1Cl. The van der Waals surface area contributed by atoms with E-state index >= 15 is 0 Å². The molecular weight excluding hydrogens is 331 g/mol. The summed E-state index contributed by atoms with van der Waals surface area (Å²) in [5, 5.41) is 5.83. The van der Waals surface area contributed by atoms with Gasteiger partial charge in [0.15, 0.2) is 5.78 Å². The molecular formula is C15H15Cl3N2O. The number of aromatic nitrogens is 2. The zero-order valence-electron chi connectivity index (χ0n) is 11.8. The molecule has 1 aromatic heterocycles. The topological polar surface area (TPSA) is 34.9 Å². The lowest BCUT2D eigenvalue weighted by atomic mass is 10.1. The van der Waals surface area contributed by atoms with Crippen molar-refractivity contribution in [1.29, 1.82) is 0 Å². The highest BCUT2D eigenvalue weighted by molar-refractivity contribution is 6.37. The zero-order valence-corrected chi connectivity index (χ0v) is 14.1. The third-order valence-corrected chi connectivity index (χ3v) is 4.24. The molecule has 2 rings (SSSR count). The Morgan fingerprint density at radius 3 is 2.52 bits per heavy atom. The standard InChI is InChI=1S/C15H15Cl3N2O/c1-3-12-15(18)13(20(4-2)19-12)8-14(21)10-6-5-9(16)7-11(10)17/h5-7H,3-4,8H2,1-2H3. The van der Waals surface area contributed by atoms with Gasteiger partial charge in [0, 0.05) is 17.1 Å². The summed E-state index contributed by atoms with van der Waals surface area (Å²) in [4.78, 5) is 12.4. The van der Waals surface area contributed by atoms with Gasteiger partial charge in [-0.15, -0.1) is 0 Å². The molecule has 112 valence electrons. The Labute approximate surface area is 138 Å². The molecule has 0 bridgehead atoms. The van der Waals surface area contributed by atoms with Gasteiger partial charge in [0.05, 0.1) is 27.9 Å². The van der Waals surface area contributed by atoms with Gasteiger partial charge in [0.2, 0.25) is 0 Å². The molecule has 0 radical (unpaired) electrons. The van der Waals surface area contributed by atoms with E-state index in [9.17, 15) is 4.79 Å². The van der Waals surface area contributed by atoms with Crippen molar-refractivity contribution < 1.29 is 4.79 Å². The van der Waals surface area contributed by atoms with Crippen LogP contribution >= 0.6 is 34.8 Å². The van der Waals surface area contributed by atoms with E-state index in [1.54, 1.807) is 22.9 Å². The first-order valence-electron chi connectivity index (χ1n) is 6.70. The first kappa shape index (κ1) is 16.3. The fourth-order valence-corrected chi connectivity index (χ4v) is 3.00. The number of benzene rings is 1. The van der Waals surface area contributed by atoms with Crippen LogP contribution in [0.5, 0.6) is 0 Å². The number of hydrogen-bond donors (Lipinski definition) is 0. The summed E-state index contributed by atoms with van der Waals surface area (Å²) in [5.41, 5.74) is 1.98. The van der Waals surface area contributed by atoms with Crippen LogP contribution in [0, 0.1) is 0 Å². The summed E-state index contributed by atoms with van der Waals surface area (Å²) in [6.07, 6.45) is 0.899. The van der Waals surface area contributed by atoms with Crippen LogP contribution in [0.15, 0.2) is 18.2 Å². The molecule has 0 saturated heterocycles. The quantitative estimate of drug-likeness (QED) is 0.726. The molecule has 1 aromatic carbocycles. The van der Waals surface area contributed by atoms with Gasteiger partial charge in [-0.1, -0.05) is 41.7 Å². The minimum atomic E-state index is -0.101. The van der Waals surface area contributed by atoms with E-state index in [0.717, 1.165) is 17.8 Å². The molecule has 0 aliphatic rings. The smallest absolute Gasteiger partial charge is 0.170 e. The van der Waals surface area contributed by atoms with E-state index in [-0.39, 0.29) is 12.2 Å². The molecule has 1 heterocycles. The molecule has 0 atom stereocenters. The average molecular weight is 346 g/mol. The van der Waals surface area contributed by atoms with Gasteiger partial charge in [-0.25, -0.2) is 0 Å². The molecule has 0 spiro atoms. The summed E-state index contributed by atoms with van der Waals surface area (Å²) >= 11 is 18.2. The number of carbonyl (C=O) groups excluding carboxylic acids is 1. The molecule has 6 heteroatoms. The molecule has 0 fully saturated rings. The first-order valence-corrected chi connectivity index (χ1v) is 7.83. The molecule has 0 unspecified atom stereocenters. The molecule has 21 heavy (non-hydrogen) atoms. The second-order valence-electron chi connectivity index (χ2n) is 4.60. The van der Waals surface area contributed by atoms with Gasteiger partial charge >= 0.3 is 0 Å². The Kier molecular flexibility index (Phi) is 5.31. The lowest BCUT2D eigenvalue weighted by Crippen LogP contribution is -2.10. The summed E-state index contributed by atoms with van der Waals surface area (Å²) in [7, 11) is 0. The number of nitrogens with zero attached hydrogens (tertiary/aromatic N) is 2. The van der Waals surface area contributed by atoms with E-state index in [1.807, 2.05) is 13.8 Å². The lowest BCUT2D eigenvalue weighted by Gasteiger charge is -2.06. The van der Waals surface area contributed by atoms with Crippen LogP contribution in [0.25, 0.3) is 0 Å². The molecule has 0 saturated carbocycles. The zero-order chi connectivity index (χ0) is 15.6. The van der Waals surface area contributed by atoms with Crippen molar-refractivity contribution in [3.8, 4) is 0 Å². The van der Waals surface area contributed by atoms with Gasteiger partial charge in [0.25, 0.3) is 0 Å². The Bertz CT molecular complexity index is 680. The third kappa shape index (κ3) is 3.42. The van der Waals surface area contributed by atoms with Gasteiger partial charge < -0.3 is 0 Å². The van der Waals surface area contributed by atoms with E-state index < -0.39 is 0 Å². The maximum Gasteiger partial charge on any atom is 0.170 e. The molecule has 0 aliphatic heterocycles. The number of hydrogen-bond acceptors (Lipinski definition) is 2. The Morgan fingerprint density at radius 1 is 1.24 bits per heavy atom. The Hall–Kier alpha value is -1.03. The number of rotatable bonds is 5. The highest BCUT2D eigenvalue weighted by atomic mass is 35.5. The van der Waals surface area contributed by atoms with E-state index in [1.165, 1.54) is 0 Å². The second kappa shape index (κ2) is 6.82. The fraction of sp³-hybridized carbons (Fsp3) is 0.333. The highest BCUT2D eigenvalue weighted by Crippen LogP contribution is 2.26. The summed E-state index contributed by atoms with van der Waals surface area (Å²) in [5.74, 6) is -0.101. The number of ketones is 1. The van der Waals surface area contributed by atoms with Crippen molar-refractivity contribution in [2.75, 3.05) is 0 Å². The van der Waals surface area contributed by atoms with Crippen LogP contribution < -0.4 is 0 Å². The fourth-order valence-electron chi connectivity index (χ4n) is 2.15. The molecule has 0 amide bonds. The van der Waals surface area contributed by atoms with Crippen LogP contribution in [-0.2, 0) is 19.4 Å². The first-order chi connectivity index (χ1) is 9.97. The van der Waals surface area contributed by atoms with Crippen LogP contribution in [-0.4, -0.2) is 15.6 Å². The van der Waals surface area contributed by atoms with Crippen molar-refractivity contribution >= 4 is 40.6 Å². The minimum absolute atomic E-state index is 0.101. The van der Waals surface area contributed by atoms with Gasteiger partial charge in [-0.2, -0.15) is 5.10 Å². The third-order valence-electron chi connectivity index (χ3n) is 3.25.